The fourth-order valence-corrected chi connectivity index (χ4v) is 2.04. The van der Waals surface area contributed by atoms with E-state index < -0.39 is 6.55 Å². The van der Waals surface area contributed by atoms with Crippen LogP contribution >= 0.6 is 11.6 Å². The molecule has 2 heterocycles. The predicted octanol–water partition coefficient (Wildman–Crippen LogP) is 2.50. The molecule has 0 atom stereocenters. The molecule has 0 bridgehead atoms. The van der Waals surface area contributed by atoms with Gasteiger partial charge in [0.05, 0.1) is 17.4 Å². The molecule has 0 aliphatic carbocycles. The Kier molecular flexibility index (Phi) is 3.97. The van der Waals surface area contributed by atoms with E-state index in [1.54, 1.807) is 0 Å². The molecular formula is C11H14ClF2N3O. The van der Waals surface area contributed by atoms with Crippen molar-refractivity contribution in [3.63, 3.8) is 0 Å². The van der Waals surface area contributed by atoms with Gasteiger partial charge in [-0.15, -0.1) is 0 Å². The molecule has 0 aromatic carbocycles. The number of alkyl halides is 2. The smallest absolute Gasteiger partial charge is 0.295 e. The van der Waals surface area contributed by atoms with E-state index in [9.17, 15) is 8.78 Å². The van der Waals surface area contributed by atoms with Crippen molar-refractivity contribution >= 4 is 11.6 Å². The van der Waals surface area contributed by atoms with Gasteiger partial charge in [-0.05, 0) is 25.4 Å². The minimum atomic E-state index is -2.49. The Morgan fingerprint density at radius 1 is 1.33 bits per heavy atom. The number of rotatable bonds is 3. The first-order chi connectivity index (χ1) is 8.47. The lowest BCUT2D eigenvalue weighted by Crippen LogP contribution is -2.35. The van der Waals surface area contributed by atoms with Crippen LogP contribution in [0.1, 0.15) is 25.1 Å². The van der Waals surface area contributed by atoms with Crippen LogP contribution in [-0.2, 0) is 13.0 Å². The van der Waals surface area contributed by atoms with Gasteiger partial charge < -0.3 is 4.74 Å². The van der Waals surface area contributed by atoms with Crippen LogP contribution in [0.2, 0.25) is 5.28 Å². The fraction of sp³-hybridized carbons (Fsp3) is 0.636. The molecule has 0 radical (unpaired) electrons. The maximum Gasteiger partial charge on any atom is 0.295 e. The van der Waals surface area contributed by atoms with Gasteiger partial charge in [-0.25, -0.2) is 9.88 Å². The molecule has 100 valence electrons. The van der Waals surface area contributed by atoms with Gasteiger partial charge in [-0.2, -0.15) is 13.8 Å². The molecule has 0 fully saturated rings. The van der Waals surface area contributed by atoms with E-state index in [0.717, 1.165) is 4.90 Å². The molecule has 18 heavy (non-hydrogen) atoms. The average Bonchev–Trinajstić information content (AvgIpc) is 2.27. The summed E-state index contributed by atoms with van der Waals surface area (Å²) in [4.78, 5) is 9.12. The number of hydrogen-bond donors (Lipinski definition) is 0. The Morgan fingerprint density at radius 3 is 2.67 bits per heavy atom. The standard InChI is InChI=1S/C11H14ClF2N3O/c1-6(2)18-9-7-5-17(11(13)14)4-3-8(7)15-10(12)16-9/h6,11H,3-5H2,1-2H3. The van der Waals surface area contributed by atoms with Crippen LogP contribution in [-0.4, -0.2) is 34.1 Å². The SMILES string of the molecule is CC(C)Oc1nc(Cl)nc2c1CN(C(F)F)CC2. The maximum absolute atomic E-state index is 12.7. The van der Waals surface area contributed by atoms with E-state index in [4.69, 9.17) is 16.3 Å². The highest BCUT2D eigenvalue weighted by Gasteiger charge is 2.27. The van der Waals surface area contributed by atoms with Gasteiger partial charge >= 0.3 is 0 Å². The molecule has 0 N–H and O–H groups in total. The summed E-state index contributed by atoms with van der Waals surface area (Å²) in [5, 5.41) is 0.0925. The Labute approximate surface area is 109 Å². The van der Waals surface area contributed by atoms with Crippen molar-refractivity contribution in [2.75, 3.05) is 6.54 Å². The van der Waals surface area contributed by atoms with Gasteiger partial charge in [0.15, 0.2) is 0 Å². The molecule has 0 unspecified atom stereocenters. The van der Waals surface area contributed by atoms with Gasteiger partial charge in [0, 0.05) is 19.5 Å². The van der Waals surface area contributed by atoms with Crippen LogP contribution in [0.15, 0.2) is 0 Å². The summed E-state index contributed by atoms with van der Waals surface area (Å²) in [5.41, 5.74) is 1.31. The molecule has 7 heteroatoms. The minimum absolute atomic E-state index is 0.0895. The molecule has 4 nitrogen and oxygen atoms in total. The van der Waals surface area contributed by atoms with E-state index >= 15 is 0 Å². The fourth-order valence-electron chi connectivity index (χ4n) is 1.86. The molecule has 0 amide bonds. The van der Waals surface area contributed by atoms with E-state index in [1.165, 1.54) is 0 Å². The number of ether oxygens (including phenoxy) is 1. The Bertz CT molecular complexity index is 443. The van der Waals surface area contributed by atoms with Crippen molar-refractivity contribution in [1.82, 2.24) is 14.9 Å². The number of nitrogens with zero attached hydrogens (tertiary/aromatic N) is 3. The average molecular weight is 278 g/mol. The van der Waals surface area contributed by atoms with Crippen molar-refractivity contribution in [3.8, 4) is 5.88 Å². The molecule has 1 aromatic heterocycles. The summed E-state index contributed by atoms with van der Waals surface area (Å²) in [6, 6.07) is 0. The third-order valence-corrected chi connectivity index (χ3v) is 2.82. The summed E-state index contributed by atoms with van der Waals surface area (Å²) < 4.78 is 30.9. The van der Waals surface area contributed by atoms with Gasteiger partial charge in [-0.1, -0.05) is 0 Å². The van der Waals surface area contributed by atoms with Crippen molar-refractivity contribution in [1.29, 1.82) is 0 Å². The lowest BCUT2D eigenvalue weighted by atomic mass is 10.1. The third-order valence-electron chi connectivity index (χ3n) is 2.65. The summed E-state index contributed by atoms with van der Waals surface area (Å²) in [5.74, 6) is 0.311. The van der Waals surface area contributed by atoms with Gasteiger partial charge in [0.25, 0.3) is 6.55 Å². The van der Waals surface area contributed by atoms with Crippen LogP contribution in [0.4, 0.5) is 8.78 Å². The summed E-state index contributed by atoms with van der Waals surface area (Å²) in [6.45, 7) is 1.55. The zero-order chi connectivity index (χ0) is 13.3. The first-order valence-electron chi connectivity index (χ1n) is 5.71. The molecule has 0 spiro atoms. The molecule has 1 aromatic rings. The maximum atomic E-state index is 12.7. The molecule has 0 saturated carbocycles. The van der Waals surface area contributed by atoms with E-state index in [2.05, 4.69) is 9.97 Å². The van der Waals surface area contributed by atoms with E-state index in [0.29, 0.717) is 23.6 Å². The van der Waals surface area contributed by atoms with Crippen LogP contribution in [0, 0.1) is 0 Å². The van der Waals surface area contributed by atoms with Crippen molar-refractivity contribution in [2.24, 2.45) is 0 Å². The van der Waals surface area contributed by atoms with Crippen LogP contribution < -0.4 is 4.74 Å². The lowest BCUT2D eigenvalue weighted by Gasteiger charge is -2.28. The second-order valence-corrected chi connectivity index (χ2v) is 4.73. The minimum Gasteiger partial charge on any atom is -0.475 e. The molecule has 0 saturated heterocycles. The zero-order valence-corrected chi connectivity index (χ0v) is 10.9. The summed E-state index contributed by atoms with van der Waals surface area (Å²) >= 11 is 5.80. The van der Waals surface area contributed by atoms with Crippen molar-refractivity contribution < 1.29 is 13.5 Å². The number of hydrogen-bond acceptors (Lipinski definition) is 4. The topological polar surface area (TPSA) is 38.3 Å². The molecule has 1 aliphatic rings. The highest BCUT2D eigenvalue weighted by molar-refractivity contribution is 6.28. The van der Waals surface area contributed by atoms with Crippen LogP contribution in [0.5, 0.6) is 5.88 Å². The third kappa shape index (κ3) is 2.87. The number of aromatic nitrogens is 2. The normalized spacial score (nSPS) is 16.2. The van der Waals surface area contributed by atoms with Crippen molar-refractivity contribution in [3.05, 3.63) is 16.5 Å². The Morgan fingerprint density at radius 2 is 2.06 bits per heavy atom. The second kappa shape index (κ2) is 5.32. The van der Waals surface area contributed by atoms with Gasteiger partial charge in [0.2, 0.25) is 11.2 Å². The van der Waals surface area contributed by atoms with Gasteiger partial charge in [-0.3, -0.25) is 0 Å². The molecule has 2 rings (SSSR count). The second-order valence-electron chi connectivity index (χ2n) is 4.39. The number of halogens is 3. The van der Waals surface area contributed by atoms with Gasteiger partial charge in [0.1, 0.15) is 0 Å². The van der Waals surface area contributed by atoms with Crippen LogP contribution in [0.3, 0.4) is 0 Å². The largest absolute Gasteiger partial charge is 0.475 e. The summed E-state index contributed by atoms with van der Waals surface area (Å²) in [7, 11) is 0. The predicted molar refractivity (Wildman–Crippen MR) is 62.9 cm³/mol. The Balaban J connectivity index is 2.34. The Hall–Kier alpha value is -1.01. The highest BCUT2D eigenvalue weighted by atomic mass is 35.5. The lowest BCUT2D eigenvalue weighted by molar-refractivity contribution is -0.0366. The summed E-state index contributed by atoms with van der Waals surface area (Å²) in [6.07, 6.45) is 0.332. The molecular weight excluding hydrogens is 264 g/mol. The molecule has 1 aliphatic heterocycles. The number of fused-ring (bicyclic) bond motifs is 1. The highest BCUT2D eigenvalue weighted by Crippen LogP contribution is 2.28. The quantitative estimate of drug-likeness (QED) is 0.628. The van der Waals surface area contributed by atoms with Crippen LogP contribution in [0.25, 0.3) is 0 Å². The van der Waals surface area contributed by atoms with E-state index in [1.807, 2.05) is 13.8 Å². The zero-order valence-electron chi connectivity index (χ0n) is 10.2. The first kappa shape index (κ1) is 13.4. The monoisotopic (exact) mass is 277 g/mol. The van der Waals surface area contributed by atoms with E-state index in [-0.39, 0.29) is 24.5 Å². The first-order valence-corrected chi connectivity index (χ1v) is 6.09. The van der Waals surface area contributed by atoms with Crippen molar-refractivity contribution in [2.45, 2.75) is 39.5 Å².